The molecule has 0 fully saturated rings. The Balaban J connectivity index is 1.51. The Morgan fingerprint density at radius 1 is 0.639 bits per heavy atom. The van der Waals surface area contributed by atoms with Gasteiger partial charge in [0.05, 0.1) is 5.69 Å². The van der Waals surface area contributed by atoms with E-state index >= 15 is 0 Å². The largest absolute Gasteiger partial charge is 0.256 e. The molecule has 2 heteroatoms. The number of rotatable bonds is 2. The minimum absolute atomic E-state index is 0.136. The van der Waals surface area contributed by atoms with Gasteiger partial charge in [0, 0.05) is 21.6 Å². The van der Waals surface area contributed by atoms with Crippen molar-refractivity contribution < 1.29 is 0 Å². The molecular formula is C34H28BrN. The molecular weight excluding hydrogens is 502 g/mol. The molecule has 36 heavy (non-hydrogen) atoms. The fraction of sp³-hybridized carbons (Fsp3) is 0.147. The summed E-state index contributed by atoms with van der Waals surface area (Å²) in [4.78, 5) is 4.84. The number of halogens is 1. The number of benzene rings is 5. The third-order valence-corrected chi connectivity index (χ3v) is 7.98. The molecule has 6 rings (SSSR count). The average Bonchev–Trinajstić information content (AvgIpc) is 2.87. The van der Waals surface area contributed by atoms with Gasteiger partial charge < -0.3 is 0 Å². The second-order valence-corrected chi connectivity index (χ2v) is 11.5. The summed E-state index contributed by atoms with van der Waals surface area (Å²) in [6.45, 7) is 8.98. The fourth-order valence-electron chi connectivity index (χ4n) is 5.30. The van der Waals surface area contributed by atoms with Crippen molar-refractivity contribution in [1.82, 2.24) is 4.98 Å². The zero-order valence-electron chi connectivity index (χ0n) is 21.1. The van der Waals surface area contributed by atoms with Crippen LogP contribution in [0.15, 0.2) is 102 Å². The Hall–Kier alpha value is -3.49. The van der Waals surface area contributed by atoms with E-state index in [0.717, 1.165) is 15.7 Å². The molecule has 0 aliphatic rings. The minimum atomic E-state index is 0.136. The molecule has 0 N–H and O–H groups in total. The van der Waals surface area contributed by atoms with Crippen molar-refractivity contribution in [3.8, 4) is 22.4 Å². The molecule has 5 aromatic carbocycles. The Bertz CT molecular complexity index is 1790. The van der Waals surface area contributed by atoms with E-state index in [0.29, 0.717) is 0 Å². The highest BCUT2D eigenvalue weighted by Gasteiger charge is 2.16. The number of hydrogen-bond donors (Lipinski definition) is 0. The van der Waals surface area contributed by atoms with Crippen LogP contribution in [0.4, 0.5) is 0 Å². The van der Waals surface area contributed by atoms with Crippen LogP contribution in [0, 0.1) is 6.92 Å². The molecule has 0 radical (unpaired) electrons. The summed E-state index contributed by atoms with van der Waals surface area (Å²) < 4.78 is 1.11. The Labute approximate surface area is 221 Å². The van der Waals surface area contributed by atoms with Crippen LogP contribution < -0.4 is 0 Å². The van der Waals surface area contributed by atoms with Crippen molar-refractivity contribution in [2.24, 2.45) is 0 Å². The summed E-state index contributed by atoms with van der Waals surface area (Å²) in [7, 11) is 0. The monoisotopic (exact) mass is 529 g/mol. The fourth-order valence-corrected chi connectivity index (χ4v) is 5.80. The molecule has 1 aromatic heterocycles. The lowest BCUT2D eigenvalue weighted by Crippen LogP contribution is -2.10. The number of aromatic nitrogens is 1. The molecule has 6 aromatic rings. The number of aryl methyl sites for hydroxylation is 1. The van der Waals surface area contributed by atoms with Gasteiger partial charge in [-0.25, -0.2) is 0 Å². The van der Waals surface area contributed by atoms with E-state index in [4.69, 9.17) is 4.98 Å². The molecule has 0 saturated carbocycles. The first-order valence-corrected chi connectivity index (χ1v) is 13.2. The molecule has 1 nitrogen and oxygen atoms in total. The first-order chi connectivity index (χ1) is 17.3. The number of nitrogens with zero attached hydrogens (tertiary/aromatic N) is 1. The van der Waals surface area contributed by atoms with Crippen LogP contribution in [-0.4, -0.2) is 4.98 Å². The van der Waals surface area contributed by atoms with Gasteiger partial charge in [0.25, 0.3) is 0 Å². The summed E-state index contributed by atoms with van der Waals surface area (Å²) in [5.41, 5.74) is 7.35. The highest BCUT2D eigenvalue weighted by Crippen LogP contribution is 2.38. The minimum Gasteiger partial charge on any atom is -0.256 e. The SMILES string of the molecule is Cc1cc(-c2nccc3c2ccc2c4ccc(C(C)(C)C)cc4ccc32)ccc1-c1ccccc1Br. The van der Waals surface area contributed by atoms with Gasteiger partial charge in [-0.15, -0.1) is 0 Å². The molecule has 0 amide bonds. The van der Waals surface area contributed by atoms with Crippen LogP contribution in [-0.2, 0) is 5.41 Å². The normalized spacial score (nSPS) is 12.0. The van der Waals surface area contributed by atoms with Gasteiger partial charge in [0.1, 0.15) is 0 Å². The van der Waals surface area contributed by atoms with Crippen molar-refractivity contribution in [2.75, 3.05) is 0 Å². The molecule has 0 aliphatic carbocycles. The smallest absolute Gasteiger partial charge is 0.0780 e. The van der Waals surface area contributed by atoms with E-state index in [9.17, 15) is 0 Å². The van der Waals surface area contributed by atoms with Gasteiger partial charge in [-0.1, -0.05) is 109 Å². The van der Waals surface area contributed by atoms with Gasteiger partial charge in [-0.2, -0.15) is 0 Å². The number of pyridine rings is 1. The zero-order valence-corrected chi connectivity index (χ0v) is 22.6. The van der Waals surface area contributed by atoms with Crippen molar-refractivity contribution >= 4 is 48.2 Å². The lowest BCUT2D eigenvalue weighted by molar-refractivity contribution is 0.591. The summed E-state index contributed by atoms with van der Waals surface area (Å²) in [5, 5.41) is 7.58. The van der Waals surface area contributed by atoms with Crippen molar-refractivity contribution in [2.45, 2.75) is 33.1 Å². The third-order valence-electron chi connectivity index (χ3n) is 7.29. The second-order valence-electron chi connectivity index (χ2n) is 10.7. The molecule has 0 atom stereocenters. The van der Waals surface area contributed by atoms with Crippen molar-refractivity contribution in [1.29, 1.82) is 0 Å². The van der Waals surface area contributed by atoms with E-state index in [-0.39, 0.29) is 5.41 Å². The topological polar surface area (TPSA) is 12.9 Å². The molecule has 176 valence electrons. The maximum absolute atomic E-state index is 4.84. The maximum atomic E-state index is 4.84. The predicted molar refractivity (Wildman–Crippen MR) is 159 cm³/mol. The van der Waals surface area contributed by atoms with Crippen LogP contribution in [0.5, 0.6) is 0 Å². The summed E-state index contributed by atoms with van der Waals surface area (Å²) in [6.07, 6.45) is 1.95. The van der Waals surface area contributed by atoms with Crippen LogP contribution >= 0.6 is 15.9 Å². The van der Waals surface area contributed by atoms with E-state index in [1.165, 1.54) is 54.6 Å². The summed E-state index contributed by atoms with van der Waals surface area (Å²) in [5.74, 6) is 0. The maximum Gasteiger partial charge on any atom is 0.0780 e. The van der Waals surface area contributed by atoms with Crippen LogP contribution in [0.3, 0.4) is 0 Å². The van der Waals surface area contributed by atoms with Gasteiger partial charge >= 0.3 is 0 Å². The molecule has 0 unspecified atom stereocenters. The molecule has 0 aliphatic heterocycles. The van der Waals surface area contributed by atoms with E-state index < -0.39 is 0 Å². The van der Waals surface area contributed by atoms with E-state index in [1.807, 2.05) is 12.3 Å². The first kappa shape index (κ1) is 22.9. The second kappa shape index (κ2) is 8.57. The lowest BCUT2D eigenvalue weighted by Gasteiger charge is -2.20. The number of hydrogen-bond acceptors (Lipinski definition) is 1. The standard InChI is InChI=1S/C34H28BrN/c1-21-19-23(10-12-25(21)30-7-5-6-8-32(30)35)33-31-16-15-27-26-14-11-24(34(2,3)4)20-22(26)9-13-28(27)29(31)17-18-36-33/h5-20H,1-4H3. The van der Waals surface area contributed by atoms with Gasteiger partial charge in [-0.05, 0) is 79.7 Å². The third kappa shape index (κ3) is 3.81. The van der Waals surface area contributed by atoms with Gasteiger partial charge in [0.15, 0.2) is 0 Å². The van der Waals surface area contributed by atoms with Crippen molar-refractivity contribution in [3.05, 3.63) is 113 Å². The van der Waals surface area contributed by atoms with Gasteiger partial charge in [0.2, 0.25) is 0 Å². The van der Waals surface area contributed by atoms with Crippen LogP contribution in [0.25, 0.3) is 54.7 Å². The molecule has 0 saturated heterocycles. The lowest BCUT2D eigenvalue weighted by atomic mass is 9.85. The van der Waals surface area contributed by atoms with E-state index in [1.54, 1.807) is 0 Å². The highest BCUT2D eigenvalue weighted by atomic mass is 79.9. The molecule has 0 spiro atoms. The number of fused-ring (bicyclic) bond motifs is 5. The Kier molecular flexibility index (Phi) is 5.46. The average molecular weight is 531 g/mol. The zero-order chi connectivity index (χ0) is 25.0. The van der Waals surface area contributed by atoms with Crippen LogP contribution in [0.1, 0.15) is 31.9 Å². The highest BCUT2D eigenvalue weighted by molar-refractivity contribution is 9.10. The first-order valence-electron chi connectivity index (χ1n) is 12.4. The van der Waals surface area contributed by atoms with Crippen molar-refractivity contribution in [3.63, 3.8) is 0 Å². The predicted octanol–water partition coefficient (Wildman–Crippen LogP) is 10.2. The summed E-state index contributed by atoms with van der Waals surface area (Å²) >= 11 is 3.70. The molecule has 0 bridgehead atoms. The summed E-state index contributed by atoms with van der Waals surface area (Å²) in [6, 6.07) is 33.2. The molecule has 1 heterocycles. The Morgan fingerprint density at radius 3 is 2.11 bits per heavy atom. The van der Waals surface area contributed by atoms with Crippen LogP contribution in [0.2, 0.25) is 0 Å². The Morgan fingerprint density at radius 2 is 1.33 bits per heavy atom. The quantitative estimate of drug-likeness (QED) is 0.203. The van der Waals surface area contributed by atoms with E-state index in [2.05, 4.69) is 129 Å². The van der Waals surface area contributed by atoms with Gasteiger partial charge in [-0.3, -0.25) is 4.98 Å².